The molecule has 0 aromatic rings. The van der Waals surface area contributed by atoms with Gasteiger partial charge in [0.05, 0.1) is 19.1 Å². The highest BCUT2D eigenvalue weighted by Crippen LogP contribution is 2.40. The topological polar surface area (TPSA) is 59.6 Å². The zero-order valence-electron chi connectivity index (χ0n) is 14.2. The Balaban J connectivity index is 1.85. The lowest BCUT2D eigenvalue weighted by molar-refractivity contribution is -0.188. The number of ether oxygens (including phenoxy) is 2. The van der Waals surface area contributed by atoms with Crippen molar-refractivity contribution in [1.29, 1.82) is 0 Å². The Bertz CT molecular complexity index is 343. The highest BCUT2D eigenvalue weighted by molar-refractivity contribution is 5.78. The van der Waals surface area contributed by atoms with Gasteiger partial charge in [0.25, 0.3) is 0 Å². The molecule has 0 bridgehead atoms. The van der Waals surface area contributed by atoms with Gasteiger partial charge in [0.15, 0.2) is 5.79 Å². The Labute approximate surface area is 134 Å². The van der Waals surface area contributed by atoms with Crippen LogP contribution in [0, 0.1) is 11.8 Å². The molecule has 0 radical (unpaired) electrons. The number of rotatable bonds is 8. The summed E-state index contributed by atoms with van der Waals surface area (Å²) in [5, 5.41) is 6.24. The van der Waals surface area contributed by atoms with Crippen LogP contribution in [0.3, 0.4) is 0 Å². The van der Waals surface area contributed by atoms with E-state index >= 15 is 0 Å². The van der Waals surface area contributed by atoms with Crippen molar-refractivity contribution in [3.8, 4) is 0 Å². The standard InChI is InChI=1S/C17H32N2O3/c1-3-4-8-19-16(20)15(13-18-2)11-14-6-5-7-17(12-14)21-9-10-22-17/h14-15,18H,3-13H2,1-2H3,(H,19,20). The van der Waals surface area contributed by atoms with E-state index in [-0.39, 0.29) is 17.6 Å². The molecule has 5 heteroatoms. The lowest BCUT2D eigenvalue weighted by Crippen LogP contribution is -2.41. The van der Waals surface area contributed by atoms with Crippen LogP contribution in [0.2, 0.25) is 0 Å². The molecule has 2 atom stereocenters. The summed E-state index contributed by atoms with van der Waals surface area (Å²) in [5.41, 5.74) is 0. The number of unbranched alkanes of at least 4 members (excludes halogenated alkanes) is 1. The van der Waals surface area contributed by atoms with Gasteiger partial charge in [-0.2, -0.15) is 0 Å². The van der Waals surface area contributed by atoms with Gasteiger partial charge in [0.2, 0.25) is 5.91 Å². The molecule has 2 fully saturated rings. The van der Waals surface area contributed by atoms with Crippen molar-refractivity contribution in [2.45, 2.75) is 57.7 Å². The number of carbonyl (C=O) groups is 1. The molecule has 2 N–H and O–H groups in total. The summed E-state index contributed by atoms with van der Waals surface area (Å²) >= 11 is 0. The summed E-state index contributed by atoms with van der Waals surface area (Å²) in [6.07, 6.45) is 7.33. The van der Waals surface area contributed by atoms with Crippen LogP contribution in [0.5, 0.6) is 0 Å². The van der Waals surface area contributed by atoms with Gasteiger partial charge in [-0.1, -0.05) is 19.8 Å². The number of carbonyl (C=O) groups excluding carboxylic acids is 1. The third-order valence-corrected chi connectivity index (χ3v) is 4.85. The first-order valence-corrected chi connectivity index (χ1v) is 8.89. The summed E-state index contributed by atoms with van der Waals surface area (Å²) in [7, 11) is 1.91. The van der Waals surface area contributed by atoms with Crippen LogP contribution in [0.25, 0.3) is 0 Å². The molecule has 2 rings (SSSR count). The van der Waals surface area contributed by atoms with Crippen LogP contribution in [0.4, 0.5) is 0 Å². The third kappa shape index (κ3) is 4.93. The molecular formula is C17H32N2O3. The average Bonchev–Trinajstić information content (AvgIpc) is 2.95. The van der Waals surface area contributed by atoms with Crippen LogP contribution in [0.1, 0.15) is 51.9 Å². The van der Waals surface area contributed by atoms with Crippen molar-refractivity contribution in [3.63, 3.8) is 0 Å². The van der Waals surface area contributed by atoms with E-state index in [0.29, 0.717) is 19.1 Å². The maximum Gasteiger partial charge on any atom is 0.224 e. The first kappa shape index (κ1) is 17.7. The maximum atomic E-state index is 12.4. The normalized spacial score (nSPS) is 25.3. The number of hydrogen-bond donors (Lipinski definition) is 2. The fourth-order valence-electron chi connectivity index (χ4n) is 3.73. The molecule has 1 aliphatic carbocycles. The molecule has 1 heterocycles. The summed E-state index contributed by atoms with van der Waals surface area (Å²) < 4.78 is 11.7. The van der Waals surface area contributed by atoms with Crippen LogP contribution >= 0.6 is 0 Å². The van der Waals surface area contributed by atoms with Gasteiger partial charge in [0, 0.05) is 25.9 Å². The Hall–Kier alpha value is -0.650. The predicted molar refractivity (Wildman–Crippen MR) is 86.5 cm³/mol. The molecule has 0 aromatic carbocycles. The molecule has 1 spiro atoms. The second-order valence-electron chi connectivity index (χ2n) is 6.70. The molecule has 1 amide bonds. The highest BCUT2D eigenvalue weighted by Gasteiger charge is 2.42. The van der Waals surface area contributed by atoms with E-state index in [1.165, 1.54) is 6.42 Å². The van der Waals surface area contributed by atoms with Crippen molar-refractivity contribution in [1.82, 2.24) is 10.6 Å². The Morgan fingerprint density at radius 2 is 2.14 bits per heavy atom. The van der Waals surface area contributed by atoms with Crippen molar-refractivity contribution < 1.29 is 14.3 Å². The van der Waals surface area contributed by atoms with Crippen molar-refractivity contribution in [2.75, 3.05) is 33.4 Å². The highest BCUT2D eigenvalue weighted by atomic mass is 16.7. The lowest BCUT2D eigenvalue weighted by Gasteiger charge is -2.37. The third-order valence-electron chi connectivity index (χ3n) is 4.85. The monoisotopic (exact) mass is 312 g/mol. The van der Waals surface area contributed by atoms with Crippen LogP contribution in [-0.4, -0.2) is 45.0 Å². The fraction of sp³-hybridized carbons (Fsp3) is 0.941. The molecule has 1 aliphatic heterocycles. The largest absolute Gasteiger partial charge is 0.356 e. The van der Waals surface area contributed by atoms with Crippen LogP contribution in [-0.2, 0) is 14.3 Å². The maximum absolute atomic E-state index is 12.4. The predicted octanol–water partition coefficient (Wildman–Crippen LogP) is 2.06. The van der Waals surface area contributed by atoms with Gasteiger partial charge in [-0.15, -0.1) is 0 Å². The van der Waals surface area contributed by atoms with Crippen molar-refractivity contribution >= 4 is 5.91 Å². The summed E-state index contributed by atoms with van der Waals surface area (Å²) in [6.45, 7) is 5.09. The zero-order valence-corrected chi connectivity index (χ0v) is 14.2. The first-order valence-electron chi connectivity index (χ1n) is 8.89. The van der Waals surface area contributed by atoms with Gasteiger partial charge in [-0.25, -0.2) is 0 Å². The van der Waals surface area contributed by atoms with E-state index < -0.39 is 0 Å². The second-order valence-corrected chi connectivity index (χ2v) is 6.70. The molecule has 2 aliphatic rings. The zero-order chi connectivity index (χ0) is 15.8. The summed E-state index contributed by atoms with van der Waals surface area (Å²) in [6, 6.07) is 0. The first-order chi connectivity index (χ1) is 10.7. The molecule has 5 nitrogen and oxygen atoms in total. The molecule has 2 unspecified atom stereocenters. The van der Waals surface area contributed by atoms with E-state index in [1.54, 1.807) is 0 Å². The average molecular weight is 312 g/mol. The Morgan fingerprint density at radius 3 is 2.82 bits per heavy atom. The molecule has 1 saturated carbocycles. The minimum Gasteiger partial charge on any atom is -0.356 e. The number of hydrogen-bond acceptors (Lipinski definition) is 4. The second kappa shape index (κ2) is 8.85. The van der Waals surface area contributed by atoms with Gasteiger partial charge in [0.1, 0.15) is 0 Å². The minimum atomic E-state index is -0.341. The number of amides is 1. The quantitative estimate of drug-likeness (QED) is 0.674. The minimum absolute atomic E-state index is 0.0448. The van der Waals surface area contributed by atoms with Crippen LogP contribution in [0.15, 0.2) is 0 Å². The Morgan fingerprint density at radius 1 is 1.36 bits per heavy atom. The van der Waals surface area contributed by atoms with Gasteiger partial charge in [-0.05, 0) is 32.2 Å². The van der Waals surface area contributed by atoms with Crippen LogP contribution < -0.4 is 10.6 Å². The fourth-order valence-corrected chi connectivity index (χ4v) is 3.73. The SMILES string of the molecule is CCCCNC(=O)C(CNC)CC1CCCC2(C1)OCCO2. The Kier molecular flexibility index (Phi) is 7.12. The van der Waals surface area contributed by atoms with E-state index in [1.807, 2.05) is 7.05 Å². The molecule has 0 aromatic heterocycles. The van der Waals surface area contributed by atoms with E-state index in [4.69, 9.17) is 9.47 Å². The van der Waals surface area contributed by atoms with E-state index in [2.05, 4.69) is 17.6 Å². The number of nitrogens with one attached hydrogen (secondary N) is 2. The van der Waals surface area contributed by atoms with Gasteiger partial charge in [-0.3, -0.25) is 4.79 Å². The van der Waals surface area contributed by atoms with E-state index in [9.17, 15) is 4.79 Å². The molecule has 128 valence electrons. The van der Waals surface area contributed by atoms with E-state index in [0.717, 1.165) is 51.6 Å². The summed E-state index contributed by atoms with van der Waals surface area (Å²) in [4.78, 5) is 12.4. The van der Waals surface area contributed by atoms with Crippen molar-refractivity contribution in [3.05, 3.63) is 0 Å². The molecule has 1 saturated heterocycles. The summed E-state index contributed by atoms with van der Waals surface area (Å²) in [5.74, 6) is 0.410. The smallest absolute Gasteiger partial charge is 0.224 e. The molecule has 22 heavy (non-hydrogen) atoms. The molecular weight excluding hydrogens is 280 g/mol. The van der Waals surface area contributed by atoms with Gasteiger partial charge < -0.3 is 20.1 Å². The van der Waals surface area contributed by atoms with Gasteiger partial charge >= 0.3 is 0 Å². The van der Waals surface area contributed by atoms with Crippen molar-refractivity contribution in [2.24, 2.45) is 11.8 Å². The lowest BCUT2D eigenvalue weighted by atomic mass is 9.79.